The van der Waals surface area contributed by atoms with Crippen molar-refractivity contribution in [3.63, 3.8) is 0 Å². The van der Waals surface area contributed by atoms with Crippen molar-refractivity contribution in [2.75, 3.05) is 5.73 Å². The minimum Gasteiger partial charge on any atom is -0.383 e. The van der Waals surface area contributed by atoms with Crippen LogP contribution in [0.1, 0.15) is 34.0 Å². The van der Waals surface area contributed by atoms with Gasteiger partial charge in [0.1, 0.15) is 17.0 Å². The number of anilines is 1. The Morgan fingerprint density at radius 2 is 2.29 bits per heavy atom. The van der Waals surface area contributed by atoms with Gasteiger partial charge in [-0.3, -0.25) is 14.9 Å². The third-order valence-electron chi connectivity index (χ3n) is 2.71. The number of hydrogen-bond acceptors (Lipinski definition) is 7. The maximum Gasteiger partial charge on any atom is 0.288 e. The van der Waals surface area contributed by atoms with Crippen LogP contribution >= 0.6 is 11.3 Å². The van der Waals surface area contributed by atoms with Crippen molar-refractivity contribution in [3.8, 4) is 0 Å². The van der Waals surface area contributed by atoms with Gasteiger partial charge in [0.25, 0.3) is 11.6 Å². The molecule has 3 N–H and O–H groups in total. The van der Waals surface area contributed by atoms with Crippen LogP contribution in [0.4, 0.5) is 11.5 Å². The number of carbonyl (C=O) groups is 1. The second kappa shape index (κ2) is 5.83. The molecule has 0 aromatic carbocycles. The standard InChI is InChI=1S/C12H13N5O3S/c1-6-5-21-12(15-6)7(2)16-11(18)9-3-8(17(19)20)4-14-10(9)13/h3-5,7H,1-2H3,(H2,13,14)(H,16,18). The molecule has 0 aliphatic heterocycles. The minimum absolute atomic E-state index is 0.0238. The molecule has 0 bridgehead atoms. The van der Waals surface area contributed by atoms with Crippen LogP contribution in [0.3, 0.4) is 0 Å². The van der Waals surface area contributed by atoms with Gasteiger partial charge in [0, 0.05) is 17.1 Å². The molecule has 2 heterocycles. The number of nitrogens with one attached hydrogen (secondary N) is 1. The smallest absolute Gasteiger partial charge is 0.288 e. The summed E-state index contributed by atoms with van der Waals surface area (Å²) in [5.74, 6) is -0.579. The summed E-state index contributed by atoms with van der Waals surface area (Å²) < 4.78 is 0. The van der Waals surface area contributed by atoms with Gasteiger partial charge >= 0.3 is 0 Å². The molecule has 0 saturated carbocycles. The Bertz CT molecular complexity index is 700. The molecule has 0 saturated heterocycles. The zero-order valence-electron chi connectivity index (χ0n) is 11.4. The Labute approximate surface area is 124 Å². The lowest BCUT2D eigenvalue weighted by atomic mass is 10.2. The number of aryl methyl sites for hydroxylation is 1. The van der Waals surface area contributed by atoms with Crippen LogP contribution in [0.25, 0.3) is 0 Å². The van der Waals surface area contributed by atoms with E-state index in [1.54, 1.807) is 6.92 Å². The van der Waals surface area contributed by atoms with Gasteiger partial charge in [0.15, 0.2) is 0 Å². The van der Waals surface area contributed by atoms with E-state index in [1.807, 2.05) is 12.3 Å². The first kappa shape index (κ1) is 14.9. The van der Waals surface area contributed by atoms with E-state index in [9.17, 15) is 14.9 Å². The van der Waals surface area contributed by atoms with E-state index in [0.29, 0.717) is 0 Å². The van der Waals surface area contributed by atoms with Gasteiger partial charge in [-0.2, -0.15) is 0 Å². The van der Waals surface area contributed by atoms with Gasteiger partial charge in [0.2, 0.25) is 0 Å². The normalized spacial score (nSPS) is 11.9. The largest absolute Gasteiger partial charge is 0.383 e. The summed E-state index contributed by atoms with van der Waals surface area (Å²) in [4.78, 5) is 30.2. The van der Waals surface area contributed by atoms with E-state index in [4.69, 9.17) is 5.73 Å². The van der Waals surface area contributed by atoms with Crippen LogP contribution in [-0.4, -0.2) is 20.8 Å². The Balaban J connectivity index is 2.20. The van der Waals surface area contributed by atoms with Crippen LogP contribution in [0.2, 0.25) is 0 Å². The number of rotatable bonds is 4. The third kappa shape index (κ3) is 3.31. The summed E-state index contributed by atoms with van der Waals surface area (Å²) in [7, 11) is 0. The highest BCUT2D eigenvalue weighted by molar-refractivity contribution is 7.09. The number of nitrogens with zero attached hydrogens (tertiary/aromatic N) is 3. The molecular formula is C12H13N5O3S. The lowest BCUT2D eigenvalue weighted by Crippen LogP contribution is -2.27. The molecule has 2 aromatic heterocycles. The maximum atomic E-state index is 12.2. The number of nitrogens with two attached hydrogens (primary N) is 1. The Kier molecular flexibility index (Phi) is 4.13. The van der Waals surface area contributed by atoms with Crippen LogP contribution in [0, 0.1) is 17.0 Å². The van der Waals surface area contributed by atoms with Crippen molar-refractivity contribution < 1.29 is 9.72 Å². The number of pyridine rings is 1. The Morgan fingerprint density at radius 3 is 2.86 bits per heavy atom. The maximum absolute atomic E-state index is 12.2. The number of nitro groups is 1. The average Bonchev–Trinajstić information content (AvgIpc) is 2.85. The highest BCUT2D eigenvalue weighted by Crippen LogP contribution is 2.20. The predicted molar refractivity (Wildman–Crippen MR) is 78.0 cm³/mol. The fraction of sp³-hybridized carbons (Fsp3) is 0.250. The number of hydrogen-bond donors (Lipinski definition) is 2. The number of thiazole rings is 1. The first-order chi connectivity index (χ1) is 9.88. The minimum atomic E-state index is -0.628. The van der Waals surface area contributed by atoms with Crippen molar-refractivity contribution in [1.82, 2.24) is 15.3 Å². The molecule has 110 valence electrons. The summed E-state index contributed by atoms with van der Waals surface area (Å²) in [6.45, 7) is 3.63. The molecule has 21 heavy (non-hydrogen) atoms. The lowest BCUT2D eigenvalue weighted by Gasteiger charge is -2.12. The summed E-state index contributed by atoms with van der Waals surface area (Å²) in [5, 5.41) is 16.0. The molecule has 1 unspecified atom stereocenters. The van der Waals surface area contributed by atoms with Crippen LogP contribution in [0.5, 0.6) is 0 Å². The lowest BCUT2D eigenvalue weighted by molar-refractivity contribution is -0.385. The van der Waals surface area contributed by atoms with Gasteiger partial charge in [-0.25, -0.2) is 9.97 Å². The number of amides is 1. The molecule has 1 atom stereocenters. The van der Waals surface area contributed by atoms with E-state index >= 15 is 0 Å². The van der Waals surface area contributed by atoms with Gasteiger partial charge < -0.3 is 11.1 Å². The molecule has 1 amide bonds. The molecule has 2 aromatic rings. The molecule has 9 heteroatoms. The number of aromatic nitrogens is 2. The quantitative estimate of drug-likeness (QED) is 0.656. The van der Waals surface area contributed by atoms with Gasteiger partial charge in [-0.1, -0.05) is 0 Å². The number of nitrogen functional groups attached to an aromatic ring is 1. The third-order valence-corrected chi connectivity index (χ3v) is 3.86. The molecule has 2 rings (SSSR count). The molecule has 0 spiro atoms. The van der Waals surface area contributed by atoms with Crippen molar-refractivity contribution >= 4 is 28.7 Å². The van der Waals surface area contributed by atoms with Crippen LogP contribution < -0.4 is 11.1 Å². The topological polar surface area (TPSA) is 124 Å². The Morgan fingerprint density at radius 1 is 1.57 bits per heavy atom. The first-order valence-electron chi connectivity index (χ1n) is 6.01. The van der Waals surface area contributed by atoms with E-state index in [0.717, 1.165) is 23.0 Å². The first-order valence-corrected chi connectivity index (χ1v) is 6.89. The van der Waals surface area contributed by atoms with Crippen molar-refractivity contribution in [3.05, 3.63) is 44.0 Å². The molecule has 0 radical (unpaired) electrons. The van der Waals surface area contributed by atoms with Gasteiger partial charge in [0.05, 0.1) is 16.5 Å². The average molecular weight is 307 g/mol. The summed E-state index contributed by atoms with van der Waals surface area (Å²) >= 11 is 1.43. The van der Waals surface area contributed by atoms with E-state index in [2.05, 4.69) is 15.3 Å². The predicted octanol–water partition coefficient (Wildman–Crippen LogP) is 1.83. The zero-order valence-corrected chi connectivity index (χ0v) is 12.2. The highest BCUT2D eigenvalue weighted by Gasteiger charge is 2.19. The molecule has 0 aliphatic carbocycles. The van der Waals surface area contributed by atoms with Crippen molar-refractivity contribution in [2.24, 2.45) is 0 Å². The SMILES string of the molecule is Cc1csc(C(C)NC(=O)c2cc([N+](=O)[O-])cnc2N)n1. The zero-order chi connectivity index (χ0) is 15.6. The molecule has 8 nitrogen and oxygen atoms in total. The highest BCUT2D eigenvalue weighted by atomic mass is 32.1. The van der Waals surface area contributed by atoms with E-state index in [1.165, 1.54) is 11.3 Å². The van der Waals surface area contributed by atoms with Crippen LogP contribution in [0.15, 0.2) is 17.6 Å². The second-order valence-electron chi connectivity index (χ2n) is 4.41. The van der Waals surface area contributed by atoms with Crippen molar-refractivity contribution in [1.29, 1.82) is 0 Å². The Hall–Kier alpha value is -2.55. The fourth-order valence-electron chi connectivity index (χ4n) is 1.65. The van der Waals surface area contributed by atoms with Gasteiger partial charge in [-0.15, -0.1) is 11.3 Å². The monoisotopic (exact) mass is 307 g/mol. The second-order valence-corrected chi connectivity index (χ2v) is 5.30. The fourth-order valence-corrected chi connectivity index (χ4v) is 2.46. The van der Waals surface area contributed by atoms with Gasteiger partial charge in [-0.05, 0) is 13.8 Å². The molecular weight excluding hydrogens is 294 g/mol. The summed E-state index contributed by atoms with van der Waals surface area (Å²) in [5.41, 5.74) is 6.16. The van der Waals surface area contributed by atoms with Crippen LogP contribution in [-0.2, 0) is 0 Å². The molecule has 0 aliphatic rings. The summed E-state index contributed by atoms with van der Waals surface area (Å²) in [6, 6.07) is 0.784. The van der Waals surface area contributed by atoms with E-state index in [-0.39, 0.29) is 23.1 Å². The van der Waals surface area contributed by atoms with E-state index < -0.39 is 10.8 Å². The number of carbonyl (C=O) groups excluding carboxylic acids is 1. The molecule has 0 fully saturated rings. The summed E-state index contributed by atoms with van der Waals surface area (Å²) in [6.07, 6.45) is 1.01. The van der Waals surface area contributed by atoms with Crippen molar-refractivity contribution in [2.45, 2.75) is 19.9 Å².